The number of halogens is 1. The minimum absolute atomic E-state index is 0.00753. The third-order valence-electron chi connectivity index (χ3n) is 4.00. The summed E-state index contributed by atoms with van der Waals surface area (Å²) in [5, 5.41) is 21.9. The summed E-state index contributed by atoms with van der Waals surface area (Å²) in [4.78, 5) is 12.6. The maximum Gasteiger partial charge on any atom is 0.336 e. The van der Waals surface area contributed by atoms with Crippen LogP contribution in [0.3, 0.4) is 0 Å². The summed E-state index contributed by atoms with van der Waals surface area (Å²) in [7, 11) is 0. The molecule has 1 heterocycles. The van der Waals surface area contributed by atoms with Crippen molar-refractivity contribution in [3.63, 3.8) is 0 Å². The number of esters is 1. The fourth-order valence-corrected chi connectivity index (χ4v) is 3.11. The molecule has 0 fully saturated rings. The van der Waals surface area contributed by atoms with E-state index < -0.39 is 11.9 Å². The average molecular weight is 356 g/mol. The Morgan fingerprint density at radius 3 is 2.68 bits per heavy atom. The van der Waals surface area contributed by atoms with Gasteiger partial charge in [0.15, 0.2) is 0 Å². The zero-order valence-corrected chi connectivity index (χ0v) is 14.9. The van der Waals surface area contributed by atoms with Crippen molar-refractivity contribution in [2.75, 3.05) is 6.61 Å². The number of nitrogens with zero attached hydrogens (tertiary/aromatic N) is 2. The number of allylic oxidation sites excluding steroid dienone is 3. The highest BCUT2D eigenvalue weighted by Crippen LogP contribution is 2.41. The highest BCUT2D eigenvalue weighted by Gasteiger charge is 2.35. The normalized spacial score (nSPS) is 16.8. The van der Waals surface area contributed by atoms with E-state index in [1.165, 1.54) is 0 Å². The third-order valence-corrected chi connectivity index (χ3v) is 4.35. The van der Waals surface area contributed by atoms with Gasteiger partial charge in [0.2, 0.25) is 0 Å². The van der Waals surface area contributed by atoms with Crippen LogP contribution in [0, 0.1) is 22.7 Å². The summed E-state index contributed by atoms with van der Waals surface area (Å²) in [6.45, 7) is 3.72. The van der Waals surface area contributed by atoms with Crippen molar-refractivity contribution in [2.45, 2.75) is 32.6 Å². The first-order valence-electron chi connectivity index (χ1n) is 7.94. The van der Waals surface area contributed by atoms with Gasteiger partial charge < -0.3 is 10.1 Å². The Kier molecular flexibility index (Phi) is 6.22. The first-order valence-corrected chi connectivity index (χ1v) is 8.32. The first-order chi connectivity index (χ1) is 12.0. The molecule has 0 spiro atoms. The van der Waals surface area contributed by atoms with E-state index >= 15 is 0 Å². The van der Waals surface area contributed by atoms with Gasteiger partial charge in [-0.25, -0.2) is 4.79 Å². The standard InChI is InChI=1S/C19H18ClN3O2/c1-3-16-14(11-22)18(13-7-4-5-8-15(13)20)17(12(2)23-16)19(24)25-10-6-9-21/h4-5,7-8,18,23H,3,6,10H2,1-2H3. The second-order valence-electron chi connectivity index (χ2n) is 5.52. The zero-order chi connectivity index (χ0) is 18.4. The molecule has 0 aromatic heterocycles. The van der Waals surface area contributed by atoms with Gasteiger partial charge in [-0.1, -0.05) is 36.7 Å². The van der Waals surface area contributed by atoms with Crippen LogP contribution in [0.5, 0.6) is 0 Å². The molecule has 1 atom stereocenters. The first kappa shape index (κ1) is 18.6. The molecule has 2 rings (SSSR count). The van der Waals surface area contributed by atoms with Crippen LogP contribution in [-0.4, -0.2) is 12.6 Å². The number of carbonyl (C=O) groups excluding carboxylic acids is 1. The van der Waals surface area contributed by atoms with E-state index in [0.29, 0.717) is 33.9 Å². The maximum absolute atomic E-state index is 12.6. The van der Waals surface area contributed by atoms with Crippen LogP contribution in [0.2, 0.25) is 5.02 Å². The molecule has 0 saturated carbocycles. The molecule has 1 unspecified atom stereocenters. The smallest absolute Gasteiger partial charge is 0.336 e. The Morgan fingerprint density at radius 2 is 2.08 bits per heavy atom. The quantitative estimate of drug-likeness (QED) is 0.638. The predicted octanol–water partition coefficient (Wildman–Crippen LogP) is 3.95. The van der Waals surface area contributed by atoms with Crippen LogP contribution in [0.25, 0.3) is 0 Å². The van der Waals surface area contributed by atoms with Gasteiger partial charge in [-0.3, -0.25) is 0 Å². The molecule has 128 valence electrons. The highest BCUT2D eigenvalue weighted by atomic mass is 35.5. The molecule has 1 aromatic rings. The zero-order valence-electron chi connectivity index (χ0n) is 14.1. The third kappa shape index (κ3) is 3.84. The molecule has 5 nitrogen and oxygen atoms in total. The van der Waals surface area contributed by atoms with Gasteiger partial charge in [-0.2, -0.15) is 10.5 Å². The van der Waals surface area contributed by atoms with Crippen molar-refractivity contribution in [2.24, 2.45) is 0 Å². The second kappa shape index (κ2) is 8.37. The summed E-state index contributed by atoms with van der Waals surface area (Å²) >= 11 is 6.35. The molecule has 1 N–H and O–H groups in total. The van der Waals surface area contributed by atoms with E-state index in [1.54, 1.807) is 25.1 Å². The van der Waals surface area contributed by atoms with Crippen molar-refractivity contribution >= 4 is 17.6 Å². The van der Waals surface area contributed by atoms with Gasteiger partial charge in [0.1, 0.15) is 6.61 Å². The van der Waals surface area contributed by atoms with Crippen LogP contribution in [0.15, 0.2) is 46.8 Å². The summed E-state index contributed by atoms with van der Waals surface area (Å²) in [5.74, 6) is -1.14. The predicted molar refractivity (Wildman–Crippen MR) is 94.1 cm³/mol. The molecule has 0 radical (unpaired) electrons. The minimum atomic E-state index is -0.593. The number of carbonyl (C=O) groups is 1. The van der Waals surface area contributed by atoms with E-state index in [1.807, 2.05) is 19.1 Å². The van der Waals surface area contributed by atoms with Gasteiger partial charge in [0.25, 0.3) is 0 Å². The molecular weight excluding hydrogens is 338 g/mol. The van der Waals surface area contributed by atoms with E-state index in [2.05, 4.69) is 11.4 Å². The van der Waals surface area contributed by atoms with Gasteiger partial charge in [-0.15, -0.1) is 0 Å². The maximum atomic E-state index is 12.6. The van der Waals surface area contributed by atoms with Gasteiger partial charge in [0.05, 0.1) is 35.6 Å². The van der Waals surface area contributed by atoms with E-state index in [4.69, 9.17) is 21.6 Å². The van der Waals surface area contributed by atoms with E-state index in [-0.39, 0.29) is 13.0 Å². The Hall–Kier alpha value is -2.76. The number of benzene rings is 1. The lowest BCUT2D eigenvalue weighted by Gasteiger charge is -2.29. The molecule has 1 aliphatic heterocycles. The molecule has 0 aliphatic carbocycles. The molecule has 6 heteroatoms. The molecule has 0 amide bonds. The molecular formula is C19H18ClN3O2. The summed E-state index contributed by atoms with van der Waals surface area (Å²) in [5.41, 5.74) is 2.87. The largest absolute Gasteiger partial charge is 0.461 e. The van der Waals surface area contributed by atoms with E-state index in [9.17, 15) is 10.1 Å². The number of rotatable bonds is 5. The number of nitrogens with one attached hydrogen (secondary N) is 1. The number of hydrogen-bond acceptors (Lipinski definition) is 5. The summed E-state index contributed by atoms with van der Waals surface area (Å²) < 4.78 is 5.21. The lowest BCUT2D eigenvalue weighted by atomic mass is 9.80. The van der Waals surface area contributed by atoms with Crippen molar-refractivity contribution < 1.29 is 9.53 Å². The van der Waals surface area contributed by atoms with Crippen LogP contribution < -0.4 is 5.32 Å². The highest BCUT2D eigenvalue weighted by molar-refractivity contribution is 6.31. The fourth-order valence-electron chi connectivity index (χ4n) is 2.87. The van der Waals surface area contributed by atoms with Gasteiger partial charge in [0, 0.05) is 16.4 Å². The lowest BCUT2D eigenvalue weighted by Crippen LogP contribution is -2.29. The Morgan fingerprint density at radius 1 is 1.36 bits per heavy atom. The average Bonchev–Trinajstić information content (AvgIpc) is 2.61. The van der Waals surface area contributed by atoms with E-state index in [0.717, 1.165) is 5.70 Å². The Balaban J connectivity index is 2.56. The van der Waals surface area contributed by atoms with Crippen molar-refractivity contribution in [1.82, 2.24) is 5.32 Å². The van der Waals surface area contributed by atoms with Crippen LogP contribution in [0.1, 0.15) is 38.2 Å². The van der Waals surface area contributed by atoms with Crippen molar-refractivity contribution in [1.29, 1.82) is 10.5 Å². The lowest BCUT2D eigenvalue weighted by molar-refractivity contribution is -0.139. The molecule has 0 bridgehead atoms. The fraction of sp³-hybridized carbons (Fsp3) is 0.316. The number of dihydropyridines is 1. The Bertz CT molecular complexity index is 828. The van der Waals surface area contributed by atoms with Crippen LogP contribution >= 0.6 is 11.6 Å². The number of nitriles is 2. The van der Waals surface area contributed by atoms with Crippen LogP contribution in [0.4, 0.5) is 0 Å². The SMILES string of the molecule is CCC1=C(C#N)C(c2ccccc2Cl)C(C(=O)OCCC#N)=C(C)N1. The van der Waals surface area contributed by atoms with Crippen molar-refractivity contribution in [3.8, 4) is 12.1 Å². The summed E-state index contributed by atoms with van der Waals surface area (Å²) in [6, 6.07) is 11.3. The Labute approximate surface area is 152 Å². The van der Waals surface area contributed by atoms with Gasteiger partial charge in [-0.05, 0) is 25.0 Å². The topological polar surface area (TPSA) is 85.9 Å². The monoisotopic (exact) mass is 355 g/mol. The van der Waals surface area contributed by atoms with Crippen molar-refractivity contribution in [3.05, 3.63) is 57.4 Å². The molecule has 1 aliphatic rings. The molecule has 1 aromatic carbocycles. The minimum Gasteiger partial charge on any atom is -0.461 e. The molecule has 25 heavy (non-hydrogen) atoms. The second-order valence-corrected chi connectivity index (χ2v) is 5.93. The molecule has 0 saturated heterocycles. The number of ether oxygens (including phenoxy) is 1. The number of hydrogen-bond donors (Lipinski definition) is 1. The summed E-state index contributed by atoms with van der Waals surface area (Å²) in [6.07, 6.45) is 0.737. The van der Waals surface area contributed by atoms with Crippen LogP contribution in [-0.2, 0) is 9.53 Å². The van der Waals surface area contributed by atoms with Gasteiger partial charge >= 0.3 is 5.97 Å².